The van der Waals surface area contributed by atoms with Gasteiger partial charge in [-0.15, -0.1) is 11.6 Å². The smallest absolute Gasteiger partial charge is 0.0889 e. The minimum atomic E-state index is 0.501. The zero-order valence-corrected chi connectivity index (χ0v) is 9.20. The van der Waals surface area contributed by atoms with Crippen molar-refractivity contribution >= 4 is 11.6 Å². The van der Waals surface area contributed by atoms with Crippen molar-refractivity contribution < 1.29 is 0 Å². The van der Waals surface area contributed by atoms with Crippen LogP contribution >= 0.6 is 11.6 Å². The molecule has 0 atom stereocenters. The molecule has 2 rings (SSSR count). The van der Waals surface area contributed by atoms with Crippen molar-refractivity contribution in [2.24, 2.45) is 0 Å². The van der Waals surface area contributed by atoms with Crippen LogP contribution in [0.2, 0.25) is 0 Å². The number of hydrogen-bond donors (Lipinski definition) is 0. The molecular formula is C12H11ClN2. The highest BCUT2D eigenvalue weighted by Gasteiger charge is 2.01. The first-order chi connectivity index (χ1) is 7.29. The van der Waals surface area contributed by atoms with Crippen LogP contribution in [0.5, 0.6) is 0 Å². The molecule has 0 saturated carbocycles. The van der Waals surface area contributed by atoms with Gasteiger partial charge < -0.3 is 0 Å². The fourth-order valence-corrected chi connectivity index (χ4v) is 1.54. The van der Waals surface area contributed by atoms with Gasteiger partial charge in [0.05, 0.1) is 11.4 Å². The summed E-state index contributed by atoms with van der Waals surface area (Å²) in [6.45, 7) is 2.04. The van der Waals surface area contributed by atoms with Gasteiger partial charge in [0.1, 0.15) is 0 Å². The van der Waals surface area contributed by atoms with E-state index in [0.29, 0.717) is 5.88 Å². The van der Waals surface area contributed by atoms with Crippen LogP contribution in [0.3, 0.4) is 0 Å². The average molecular weight is 219 g/mol. The molecule has 0 aliphatic heterocycles. The number of rotatable bonds is 2. The molecule has 2 heterocycles. The molecule has 0 amide bonds. The average Bonchev–Trinajstić information content (AvgIpc) is 2.29. The SMILES string of the molecule is Cc1ccnc(-c2cc(CCl)ccn2)c1. The molecule has 0 spiro atoms. The summed E-state index contributed by atoms with van der Waals surface area (Å²) in [5.74, 6) is 0.501. The van der Waals surface area contributed by atoms with Crippen molar-refractivity contribution in [3.05, 3.63) is 47.8 Å². The molecule has 76 valence electrons. The molecule has 0 saturated heterocycles. The summed E-state index contributed by atoms with van der Waals surface area (Å²) in [7, 11) is 0. The van der Waals surface area contributed by atoms with Crippen LogP contribution < -0.4 is 0 Å². The fourth-order valence-electron chi connectivity index (χ4n) is 1.37. The summed E-state index contributed by atoms with van der Waals surface area (Å²) in [5.41, 5.74) is 4.00. The van der Waals surface area contributed by atoms with Crippen molar-refractivity contribution in [3.8, 4) is 11.4 Å². The number of nitrogens with zero attached hydrogens (tertiary/aromatic N) is 2. The molecule has 3 heteroatoms. The second kappa shape index (κ2) is 4.41. The summed E-state index contributed by atoms with van der Waals surface area (Å²) in [6.07, 6.45) is 3.55. The number of pyridine rings is 2. The van der Waals surface area contributed by atoms with Crippen molar-refractivity contribution in [2.75, 3.05) is 0 Å². The molecule has 0 aliphatic carbocycles. The van der Waals surface area contributed by atoms with Crippen LogP contribution in [-0.4, -0.2) is 9.97 Å². The Kier molecular flexibility index (Phi) is 2.97. The Labute approximate surface area is 94.0 Å². The van der Waals surface area contributed by atoms with E-state index in [0.717, 1.165) is 17.0 Å². The standard InChI is InChI=1S/C12H11ClN2/c1-9-2-4-14-11(6-9)12-7-10(8-13)3-5-15-12/h2-7H,8H2,1H3. The van der Waals surface area contributed by atoms with Crippen LogP contribution in [-0.2, 0) is 5.88 Å². The number of aryl methyl sites for hydroxylation is 1. The van der Waals surface area contributed by atoms with Crippen molar-refractivity contribution in [3.63, 3.8) is 0 Å². The summed E-state index contributed by atoms with van der Waals surface area (Å²) < 4.78 is 0. The zero-order chi connectivity index (χ0) is 10.7. The van der Waals surface area contributed by atoms with Gasteiger partial charge in [-0.1, -0.05) is 0 Å². The van der Waals surface area contributed by atoms with E-state index < -0.39 is 0 Å². The number of alkyl halides is 1. The molecule has 0 bridgehead atoms. The predicted molar refractivity (Wildman–Crippen MR) is 61.8 cm³/mol. The Bertz CT molecular complexity index is 469. The summed E-state index contributed by atoms with van der Waals surface area (Å²) in [4.78, 5) is 8.56. The van der Waals surface area contributed by atoms with E-state index in [2.05, 4.69) is 9.97 Å². The first-order valence-corrected chi connectivity index (χ1v) is 5.27. The lowest BCUT2D eigenvalue weighted by molar-refractivity contribution is 1.21. The highest BCUT2D eigenvalue weighted by Crippen LogP contribution is 2.16. The van der Waals surface area contributed by atoms with Gasteiger partial charge in [0.15, 0.2) is 0 Å². The third-order valence-corrected chi connectivity index (χ3v) is 2.47. The molecule has 2 nitrogen and oxygen atoms in total. The molecule has 2 aromatic rings. The van der Waals surface area contributed by atoms with Gasteiger partial charge in [0, 0.05) is 18.3 Å². The van der Waals surface area contributed by atoms with Crippen LogP contribution in [0, 0.1) is 6.92 Å². The van der Waals surface area contributed by atoms with Gasteiger partial charge in [-0.3, -0.25) is 9.97 Å². The molecule has 2 aromatic heterocycles. The van der Waals surface area contributed by atoms with E-state index in [9.17, 15) is 0 Å². The monoisotopic (exact) mass is 218 g/mol. The largest absolute Gasteiger partial charge is 0.255 e. The summed E-state index contributed by atoms with van der Waals surface area (Å²) in [6, 6.07) is 7.86. The number of aromatic nitrogens is 2. The first-order valence-electron chi connectivity index (χ1n) is 4.73. The van der Waals surface area contributed by atoms with Crippen LogP contribution in [0.25, 0.3) is 11.4 Å². The Morgan fingerprint density at radius 3 is 2.40 bits per heavy atom. The number of hydrogen-bond acceptors (Lipinski definition) is 2. The lowest BCUT2D eigenvalue weighted by Gasteiger charge is -2.02. The Balaban J connectivity index is 2.44. The van der Waals surface area contributed by atoms with E-state index in [4.69, 9.17) is 11.6 Å². The minimum Gasteiger partial charge on any atom is -0.255 e. The van der Waals surface area contributed by atoms with E-state index in [-0.39, 0.29) is 0 Å². The van der Waals surface area contributed by atoms with E-state index >= 15 is 0 Å². The third-order valence-electron chi connectivity index (χ3n) is 2.16. The molecule has 15 heavy (non-hydrogen) atoms. The molecule has 0 radical (unpaired) electrons. The van der Waals surface area contributed by atoms with Crippen LogP contribution in [0.4, 0.5) is 0 Å². The predicted octanol–water partition coefficient (Wildman–Crippen LogP) is 3.19. The molecule has 0 unspecified atom stereocenters. The maximum Gasteiger partial charge on any atom is 0.0889 e. The summed E-state index contributed by atoms with van der Waals surface area (Å²) >= 11 is 5.77. The van der Waals surface area contributed by atoms with Gasteiger partial charge in [-0.2, -0.15) is 0 Å². The highest BCUT2D eigenvalue weighted by molar-refractivity contribution is 6.17. The van der Waals surface area contributed by atoms with Gasteiger partial charge in [-0.05, 0) is 42.3 Å². The summed E-state index contributed by atoms with van der Waals surface area (Å²) in [5, 5.41) is 0. The molecular weight excluding hydrogens is 208 g/mol. The Morgan fingerprint density at radius 1 is 1.07 bits per heavy atom. The van der Waals surface area contributed by atoms with Crippen LogP contribution in [0.15, 0.2) is 36.7 Å². The lowest BCUT2D eigenvalue weighted by Crippen LogP contribution is -1.89. The van der Waals surface area contributed by atoms with E-state index in [1.807, 2.05) is 31.2 Å². The van der Waals surface area contributed by atoms with Crippen LogP contribution in [0.1, 0.15) is 11.1 Å². The molecule has 0 aliphatic rings. The maximum absolute atomic E-state index is 5.77. The van der Waals surface area contributed by atoms with Crippen molar-refractivity contribution in [1.82, 2.24) is 9.97 Å². The van der Waals surface area contributed by atoms with E-state index in [1.54, 1.807) is 12.4 Å². The normalized spacial score (nSPS) is 10.3. The topological polar surface area (TPSA) is 25.8 Å². The van der Waals surface area contributed by atoms with Gasteiger partial charge in [0.2, 0.25) is 0 Å². The minimum absolute atomic E-state index is 0.501. The number of halogens is 1. The van der Waals surface area contributed by atoms with Crippen molar-refractivity contribution in [1.29, 1.82) is 0 Å². The maximum atomic E-state index is 5.77. The molecule has 0 fully saturated rings. The zero-order valence-electron chi connectivity index (χ0n) is 8.44. The van der Waals surface area contributed by atoms with Gasteiger partial charge in [0.25, 0.3) is 0 Å². The van der Waals surface area contributed by atoms with Gasteiger partial charge in [-0.25, -0.2) is 0 Å². The quantitative estimate of drug-likeness (QED) is 0.724. The molecule has 0 N–H and O–H groups in total. The lowest BCUT2D eigenvalue weighted by atomic mass is 10.1. The Hall–Kier alpha value is -1.41. The van der Waals surface area contributed by atoms with Crippen molar-refractivity contribution in [2.45, 2.75) is 12.8 Å². The highest BCUT2D eigenvalue weighted by atomic mass is 35.5. The first kappa shape index (κ1) is 10.1. The Morgan fingerprint density at radius 2 is 1.73 bits per heavy atom. The van der Waals surface area contributed by atoms with Gasteiger partial charge >= 0.3 is 0 Å². The third kappa shape index (κ3) is 2.34. The second-order valence-corrected chi connectivity index (χ2v) is 3.67. The fraction of sp³-hybridized carbons (Fsp3) is 0.167. The second-order valence-electron chi connectivity index (χ2n) is 3.40. The van der Waals surface area contributed by atoms with E-state index in [1.165, 1.54) is 5.56 Å². The molecule has 0 aromatic carbocycles.